The Morgan fingerprint density at radius 1 is 1.45 bits per heavy atom. The van der Waals surface area contributed by atoms with E-state index < -0.39 is 12.1 Å². The van der Waals surface area contributed by atoms with Gasteiger partial charge in [-0.2, -0.15) is 0 Å². The second-order valence-corrected chi connectivity index (χ2v) is 7.19. The van der Waals surface area contributed by atoms with E-state index >= 15 is 0 Å². The Morgan fingerprint density at radius 2 is 2.28 bits per heavy atom. The number of hydrogen-bond acceptors (Lipinski definition) is 4. The van der Waals surface area contributed by atoms with E-state index in [2.05, 4.69) is 23.2 Å². The summed E-state index contributed by atoms with van der Waals surface area (Å²) < 4.78 is 18.1. The molecule has 1 aliphatic heterocycles. The number of aliphatic hydroxyl groups excluding tert-OH is 1. The van der Waals surface area contributed by atoms with Gasteiger partial charge in [-0.15, -0.1) is 0 Å². The van der Waals surface area contributed by atoms with Gasteiger partial charge in [0.05, 0.1) is 18.8 Å². The van der Waals surface area contributed by atoms with Gasteiger partial charge in [0.1, 0.15) is 5.82 Å². The van der Waals surface area contributed by atoms with E-state index in [4.69, 9.17) is 4.74 Å². The summed E-state index contributed by atoms with van der Waals surface area (Å²) in [6.45, 7) is 0.960. The van der Waals surface area contributed by atoms with E-state index in [1.54, 1.807) is 7.11 Å². The highest BCUT2D eigenvalue weighted by Crippen LogP contribution is 2.25. The Kier molecular flexibility index (Phi) is 6.95. The molecule has 2 aliphatic rings. The van der Waals surface area contributed by atoms with Crippen LogP contribution in [0.25, 0.3) is 10.9 Å². The number of allylic oxidation sites excluding steroid dienone is 3. The maximum absolute atomic E-state index is 13.1. The van der Waals surface area contributed by atoms with Gasteiger partial charge in [-0.1, -0.05) is 18.2 Å². The van der Waals surface area contributed by atoms with E-state index in [1.807, 2.05) is 0 Å². The molecule has 0 radical (unpaired) electrons. The minimum atomic E-state index is -0.684. The van der Waals surface area contributed by atoms with Crippen LogP contribution in [0.1, 0.15) is 29.6 Å². The lowest BCUT2D eigenvalue weighted by atomic mass is 10.0. The smallest absolute Gasteiger partial charge is 0.210 e. The van der Waals surface area contributed by atoms with Gasteiger partial charge < -0.3 is 19.7 Å². The van der Waals surface area contributed by atoms with Crippen molar-refractivity contribution in [3.05, 3.63) is 59.6 Å². The SMILES string of the molecule is COCC1=CC=CCC1.O=CN1CC(O)CC1C(=O)c1c[nH]c2cc(F)ccc12. The normalized spacial score (nSPS) is 20.9. The number of methoxy groups -OCH3 is 1. The maximum atomic E-state index is 13.1. The molecule has 0 bridgehead atoms. The van der Waals surface area contributed by atoms with Gasteiger partial charge in [-0.3, -0.25) is 9.59 Å². The quantitative estimate of drug-likeness (QED) is 0.597. The number of aromatic amines is 1. The van der Waals surface area contributed by atoms with E-state index in [1.165, 1.54) is 47.7 Å². The van der Waals surface area contributed by atoms with Crippen LogP contribution >= 0.6 is 0 Å². The molecular formula is C22H25FN2O4. The molecule has 1 saturated heterocycles. The molecule has 6 nitrogen and oxygen atoms in total. The van der Waals surface area contributed by atoms with Gasteiger partial charge >= 0.3 is 0 Å². The highest BCUT2D eigenvalue weighted by Gasteiger charge is 2.36. The molecule has 2 N–H and O–H groups in total. The van der Waals surface area contributed by atoms with Gasteiger partial charge in [0.25, 0.3) is 0 Å². The van der Waals surface area contributed by atoms with Gasteiger partial charge in [0, 0.05) is 42.7 Å². The van der Waals surface area contributed by atoms with Crippen LogP contribution in [0.4, 0.5) is 4.39 Å². The molecule has 1 aromatic carbocycles. The van der Waals surface area contributed by atoms with E-state index in [-0.39, 0.29) is 24.6 Å². The lowest BCUT2D eigenvalue weighted by Crippen LogP contribution is -2.35. The zero-order valence-corrected chi connectivity index (χ0v) is 16.3. The lowest BCUT2D eigenvalue weighted by molar-refractivity contribution is -0.118. The van der Waals surface area contributed by atoms with Crippen molar-refractivity contribution >= 4 is 23.1 Å². The third-order valence-corrected chi connectivity index (χ3v) is 5.09. The molecule has 0 spiro atoms. The molecule has 2 unspecified atom stereocenters. The summed E-state index contributed by atoms with van der Waals surface area (Å²) in [7, 11) is 1.74. The topological polar surface area (TPSA) is 82.6 Å². The van der Waals surface area contributed by atoms with E-state index in [0.717, 1.165) is 6.61 Å². The average molecular weight is 400 g/mol. The van der Waals surface area contributed by atoms with Crippen LogP contribution in [0, 0.1) is 5.82 Å². The van der Waals surface area contributed by atoms with Crippen molar-refractivity contribution in [3.8, 4) is 0 Å². The fraction of sp³-hybridized carbons (Fsp3) is 0.364. The van der Waals surface area contributed by atoms with Crippen molar-refractivity contribution in [2.75, 3.05) is 20.3 Å². The first-order valence-corrected chi connectivity index (χ1v) is 9.57. The first kappa shape index (κ1) is 21.0. The van der Waals surface area contributed by atoms with Crippen molar-refractivity contribution in [2.45, 2.75) is 31.4 Å². The molecule has 2 aromatic rings. The Bertz CT molecular complexity index is 934. The van der Waals surface area contributed by atoms with Crippen molar-refractivity contribution in [1.29, 1.82) is 0 Å². The number of fused-ring (bicyclic) bond motifs is 1. The molecule has 1 amide bonds. The second kappa shape index (κ2) is 9.62. The first-order valence-electron chi connectivity index (χ1n) is 9.57. The predicted molar refractivity (Wildman–Crippen MR) is 108 cm³/mol. The Labute approximate surface area is 168 Å². The number of Topliss-reactive ketones (excluding diaryl/α,β-unsaturated/α-hetero) is 1. The van der Waals surface area contributed by atoms with Gasteiger partial charge in [-0.05, 0) is 36.6 Å². The van der Waals surface area contributed by atoms with Crippen molar-refractivity contribution in [2.24, 2.45) is 0 Å². The number of H-pyrrole nitrogens is 1. The minimum absolute atomic E-state index is 0.164. The number of aliphatic hydroxyl groups is 1. The zero-order valence-electron chi connectivity index (χ0n) is 16.3. The average Bonchev–Trinajstić information content (AvgIpc) is 3.31. The summed E-state index contributed by atoms with van der Waals surface area (Å²) in [5.41, 5.74) is 2.34. The van der Waals surface area contributed by atoms with Crippen molar-refractivity contribution in [1.82, 2.24) is 9.88 Å². The number of benzene rings is 1. The number of amides is 1. The minimum Gasteiger partial charge on any atom is -0.391 e. The number of nitrogens with zero attached hydrogens (tertiary/aromatic N) is 1. The van der Waals surface area contributed by atoms with Crippen LogP contribution in [0.3, 0.4) is 0 Å². The van der Waals surface area contributed by atoms with Crippen LogP contribution in [-0.4, -0.2) is 59.6 Å². The Morgan fingerprint density at radius 3 is 2.97 bits per heavy atom. The molecule has 7 heteroatoms. The highest BCUT2D eigenvalue weighted by atomic mass is 19.1. The van der Waals surface area contributed by atoms with Crippen LogP contribution in [0.5, 0.6) is 0 Å². The number of halogens is 1. The summed E-state index contributed by atoms with van der Waals surface area (Å²) >= 11 is 0. The molecule has 2 heterocycles. The van der Waals surface area contributed by atoms with Gasteiger partial charge in [0.15, 0.2) is 5.78 Å². The molecule has 0 saturated carbocycles. The molecule has 4 rings (SSSR count). The number of nitrogens with one attached hydrogen (secondary N) is 1. The summed E-state index contributed by atoms with van der Waals surface area (Å²) in [5, 5.41) is 10.2. The lowest BCUT2D eigenvalue weighted by Gasteiger charge is -2.17. The number of ether oxygens (including phenoxy) is 1. The summed E-state index contributed by atoms with van der Waals surface area (Å²) in [6, 6.07) is 3.47. The number of β-amino-alcohol motifs (C(OH)–C–C–N with tert-alkyl or cyclic N) is 1. The number of likely N-dealkylation sites (tertiary alicyclic amines) is 1. The van der Waals surface area contributed by atoms with Crippen LogP contribution in [0.15, 0.2) is 48.2 Å². The number of hydrogen-bond donors (Lipinski definition) is 2. The molecule has 154 valence electrons. The molecule has 2 atom stereocenters. The summed E-state index contributed by atoms with van der Waals surface area (Å²) in [5.74, 6) is -0.629. The Hall–Kier alpha value is -2.77. The van der Waals surface area contributed by atoms with E-state index in [0.29, 0.717) is 22.9 Å². The summed E-state index contributed by atoms with van der Waals surface area (Å²) in [4.78, 5) is 27.6. The van der Waals surface area contributed by atoms with Crippen LogP contribution in [-0.2, 0) is 9.53 Å². The fourth-order valence-corrected chi connectivity index (χ4v) is 3.65. The third-order valence-electron chi connectivity index (χ3n) is 5.09. The standard InChI is InChI=1S/C14H13FN2O3.C8H12O/c15-8-1-2-10-11(5-16-12(10)3-8)14(20)13-4-9(19)6-17(13)7-18;1-9-7-8-5-3-2-4-6-8/h1-3,5,7,9,13,16,19H,4,6H2;2-3,5H,4,6-7H2,1H3. The van der Waals surface area contributed by atoms with Crippen molar-refractivity contribution < 1.29 is 23.8 Å². The Balaban J connectivity index is 0.000000224. The first-order chi connectivity index (χ1) is 14.0. The number of aromatic nitrogens is 1. The molecule has 1 aromatic heterocycles. The van der Waals surface area contributed by atoms with Gasteiger partial charge in [0.2, 0.25) is 6.41 Å². The van der Waals surface area contributed by atoms with E-state index in [9.17, 15) is 19.1 Å². The number of carbonyl (C=O) groups is 2. The maximum Gasteiger partial charge on any atom is 0.210 e. The zero-order chi connectivity index (χ0) is 20.8. The highest BCUT2D eigenvalue weighted by molar-refractivity contribution is 6.10. The van der Waals surface area contributed by atoms with Crippen LogP contribution < -0.4 is 0 Å². The largest absolute Gasteiger partial charge is 0.391 e. The number of ketones is 1. The number of rotatable bonds is 5. The molecular weight excluding hydrogens is 375 g/mol. The molecule has 1 aliphatic carbocycles. The summed E-state index contributed by atoms with van der Waals surface area (Å²) in [6.07, 6.45) is 10.4. The molecule has 29 heavy (non-hydrogen) atoms. The molecule has 1 fully saturated rings. The van der Waals surface area contributed by atoms with Gasteiger partial charge in [-0.25, -0.2) is 4.39 Å². The third kappa shape index (κ3) is 4.99. The predicted octanol–water partition coefficient (Wildman–Crippen LogP) is 2.99. The number of carbonyl (C=O) groups excluding carboxylic acids is 2. The van der Waals surface area contributed by atoms with Crippen LogP contribution in [0.2, 0.25) is 0 Å². The van der Waals surface area contributed by atoms with Crippen molar-refractivity contribution in [3.63, 3.8) is 0 Å². The monoisotopic (exact) mass is 400 g/mol. The second-order valence-electron chi connectivity index (χ2n) is 7.19. The fourth-order valence-electron chi connectivity index (χ4n) is 3.65.